The van der Waals surface area contributed by atoms with Crippen LogP contribution in [0.4, 0.5) is 0 Å². The van der Waals surface area contributed by atoms with Crippen LogP contribution in [0, 0.1) is 5.41 Å². The molecular weight excluding hydrogens is 270 g/mol. The molecule has 0 aliphatic heterocycles. The van der Waals surface area contributed by atoms with Crippen LogP contribution in [-0.2, 0) is 0 Å². The molecule has 5 nitrogen and oxygen atoms in total. The normalized spacial score (nSPS) is 16.5. The minimum atomic E-state index is -0.157. The molecular formula is C16H23NO4. The minimum Gasteiger partial charge on any atom is -0.493 e. The fraction of sp³-hybridized carbons (Fsp3) is 0.562. The Balaban J connectivity index is 2.03. The van der Waals surface area contributed by atoms with Gasteiger partial charge in [-0.25, -0.2) is 0 Å². The van der Waals surface area contributed by atoms with Crippen molar-refractivity contribution in [3.8, 4) is 11.5 Å². The third-order valence-corrected chi connectivity index (χ3v) is 4.27. The van der Waals surface area contributed by atoms with Gasteiger partial charge in [0.15, 0.2) is 11.5 Å². The number of ether oxygens (including phenoxy) is 2. The number of aliphatic hydroxyl groups is 1. The maximum atomic E-state index is 12.2. The molecule has 2 N–H and O–H groups in total. The lowest BCUT2D eigenvalue weighted by Crippen LogP contribution is -2.38. The summed E-state index contributed by atoms with van der Waals surface area (Å²) in [5, 5.41) is 12.5. The molecule has 2 rings (SSSR count). The number of hydrogen-bond donors (Lipinski definition) is 2. The number of carbonyl (C=O) groups excluding carboxylic acids is 1. The highest BCUT2D eigenvalue weighted by atomic mass is 16.5. The van der Waals surface area contributed by atoms with Gasteiger partial charge in [0.1, 0.15) is 0 Å². The lowest BCUT2D eigenvalue weighted by Gasteiger charge is -2.26. The number of carbonyl (C=O) groups is 1. The van der Waals surface area contributed by atoms with Crippen molar-refractivity contribution >= 4 is 5.91 Å². The van der Waals surface area contributed by atoms with Crippen molar-refractivity contribution in [1.82, 2.24) is 5.32 Å². The molecule has 0 atom stereocenters. The molecule has 1 saturated carbocycles. The summed E-state index contributed by atoms with van der Waals surface area (Å²) in [5.41, 5.74) is 0.380. The molecule has 21 heavy (non-hydrogen) atoms. The Bertz CT molecular complexity index is 495. The minimum absolute atomic E-state index is 0.124. The van der Waals surface area contributed by atoms with Crippen LogP contribution in [0.1, 0.15) is 36.0 Å². The molecule has 0 bridgehead atoms. The molecule has 1 aromatic rings. The third kappa shape index (κ3) is 3.47. The Morgan fingerprint density at radius 3 is 2.48 bits per heavy atom. The Morgan fingerprint density at radius 2 is 1.90 bits per heavy atom. The number of rotatable bonds is 6. The van der Waals surface area contributed by atoms with Crippen molar-refractivity contribution in [2.45, 2.75) is 25.7 Å². The van der Waals surface area contributed by atoms with Crippen molar-refractivity contribution in [2.24, 2.45) is 5.41 Å². The Hall–Kier alpha value is -1.75. The summed E-state index contributed by atoms with van der Waals surface area (Å²) in [6.07, 6.45) is 4.17. The maximum Gasteiger partial charge on any atom is 0.251 e. The van der Waals surface area contributed by atoms with E-state index in [4.69, 9.17) is 9.47 Å². The highest BCUT2D eigenvalue weighted by Gasteiger charge is 2.33. The van der Waals surface area contributed by atoms with Crippen LogP contribution in [0.15, 0.2) is 18.2 Å². The Kier molecular flexibility index (Phi) is 5.07. The number of amides is 1. The van der Waals surface area contributed by atoms with Gasteiger partial charge in [0.05, 0.1) is 20.8 Å². The van der Waals surface area contributed by atoms with Gasteiger partial charge >= 0.3 is 0 Å². The van der Waals surface area contributed by atoms with Crippen LogP contribution in [0.25, 0.3) is 0 Å². The molecule has 116 valence electrons. The molecule has 0 heterocycles. The van der Waals surface area contributed by atoms with Crippen molar-refractivity contribution in [2.75, 3.05) is 27.4 Å². The molecule has 1 aromatic carbocycles. The highest BCUT2D eigenvalue weighted by Crippen LogP contribution is 2.37. The van der Waals surface area contributed by atoms with E-state index in [1.807, 2.05) is 0 Å². The first-order valence-corrected chi connectivity index (χ1v) is 7.25. The van der Waals surface area contributed by atoms with E-state index in [0.29, 0.717) is 23.6 Å². The summed E-state index contributed by atoms with van der Waals surface area (Å²) >= 11 is 0. The summed E-state index contributed by atoms with van der Waals surface area (Å²) < 4.78 is 10.4. The van der Waals surface area contributed by atoms with Crippen LogP contribution < -0.4 is 14.8 Å². The second kappa shape index (κ2) is 6.80. The van der Waals surface area contributed by atoms with E-state index >= 15 is 0 Å². The first-order valence-electron chi connectivity index (χ1n) is 7.25. The number of aliphatic hydroxyl groups excluding tert-OH is 1. The van der Waals surface area contributed by atoms with Crippen molar-refractivity contribution < 1.29 is 19.4 Å². The smallest absolute Gasteiger partial charge is 0.251 e. The number of nitrogens with one attached hydrogen (secondary N) is 1. The van der Waals surface area contributed by atoms with Crippen molar-refractivity contribution in [3.05, 3.63) is 23.8 Å². The van der Waals surface area contributed by atoms with Crippen LogP contribution in [-0.4, -0.2) is 38.4 Å². The predicted octanol–water partition coefficient (Wildman–Crippen LogP) is 1.99. The molecule has 0 unspecified atom stereocenters. The average molecular weight is 293 g/mol. The van der Waals surface area contributed by atoms with Gasteiger partial charge in [-0.2, -0.15) is 0 Å². The SMILES string of the molecule is COc1ccc(C(=O)NCC2(CO)CCCC2)cc1OC. The van der Waals surface area contributed by atoms with Gasteiger partial charge in [-0.05, 0) is 31.0 Å². The van der Waals surface area contributed by atoms with E-state index < -0.39 is 0 Å². The van der Waals surface area contributed by atoms with E-state index in [1.165, 1.54) is 0 Å². The third-order valence-electron chi connectivity index (χ3n) is 4.27. The van der Waals surface area contributed by atoms with Crippen molar-refractivity contribution in [1.29, 1.82) is 0 Å². The topological polar surface area (TPSA) is 67.8 Å². The largest absolute Gasteiger partial charge is 0.493 e. The van der Waals surface area contributed by atoms with Gasteiger partial charge < -0.3 is 19.9 Å². The van der Waals surface area contributed by atoms with Crippen LogP contribution >= 0.6 is 0 Å². The fourth-order valence-electron chi connectivity index (χ4n) is 2.86. The van der Waals surface area contributed by atoms with Crippen LogP contribution in [0.3, 0.4) is 0 Å². The Morgan fingerprint density at radius 1 is 1.24 bits per heavy atom. The number of methoxy groups -OCH3 is 2. The molecule has 0 spiro atoms. The standard InChI is InChI=1S/C16H23NO4/c1-20-13-6-5-12(9-14(13)21-2)15(19)17-10-16(11-18)7-3-4-8-16/h5-6,9,18H,3-4,7-8,10-11H2,1-2H3,(H,17,19). The Labute approximate surface area is 125 Å². The summed E-state index contributed by atoms with van der Waals surface area (Å²) in [6, 6.07) is 5.08. The summed E-state index contributed by atoms with van der Waals surface area (Å²) in [7, 11) is 3.10. The van der Waals surface area contributed by atoms with Gasteiger partial charge in [-0.3, -0.25) is 4.79 Å². The molecule has 1 fully saturated rings. The van der Waals surface area contributed by atoms with Crippen LogP contribution in [0.5, 0.6) is 11.5 Å². The number of hydrogen-bond acceptors (Lipinski definition) is 4. The van der Waals surface area contributed by atoms with E-state index in [0.717, 1.165) is 25.7 Å². The molecule has 1 aliphatic rings. The van der Waals surface area contributed by atoms with Crippen LogP contribution in [0.2, 0.25) is 0 Å². The summed E-state index contributed by atoms with van der Waals surface area (Å²) in [5.74, 6) is 0.968. The first kappa shape index (κ1) is 15.6. The summed E-state index contributed by atoms with van der Waals surface area (Å²) in [4.78, 5) is 12.2. The second-order valence-corrected chi connectivity index (χ2v) is 5.62. The molecule has 1 amide bonds. The van der Waals surface area contributed by atoms with Gasteiger partial charge in [-0.1, -0.05) is 12.8 Å². The van der Waals surface area contributed by atoms with E-state index in [-0.39, 0.29) is 17.9 Å². The second-order valence-electron chi connectivity index (χ2n) is 5.62. The first-order chi connectivity index (χ1) is 10.1. The highest BCUT2D eigenvalue weighted by molar-refractivity contribution is 5.94. The maximum absolute atomic E-state index is 12.2. The van der Waals surface area contributed by atoms with Gasteiger partial charge in [0, 0.05) is 17.5 Å². The number of benzene rings is 1. The van der Waals surface area contributed by atoms with Crippen molar-refractivity contribution in [3.63, 3.8) is 0 Å². The zero-order valence-corrected chi connectivity index (χ0v) is 12.6. The monoisotopic (exact) mass is 293 g/mol. The van der Waals surface area contributed by atoms with E-state index in [1.54, 1.807) is 32.4 Å². The molecule has 0 radical (unpaired) electrons. The fourth-order valence-corrected chi connectivity index (χ4v) is 2.86. The molecule has 0 aromatic heterocycles. The zero-order valence-electron chi connectivity index (χ0n) is 12.6. The molecule has 1 aliphatic carbocycles. The average Bonchev–Trinajstić information content (AvgIpc) is 3.01. The zero-order chi connectivity index (χ0) is 15.3. The molecule has 5 heteroatoms. The van der Waals surface area contributed by atoms with E-state index in [2.05, 4.69) is 5.32 Å². The quantitative estimate of drug-likeness (QED) is 0.841. The predicted molar refractivity (Wildman–Crippen MR) is 79.9 cm³/mol. The molecule has 0 saturated heterocycles. The van der Waals surface area contributed by atoms with Gasteiger partial charge in [0.25, 0.3) is 5.91 Å². The summed E-state index contributed by atoms with van der Waals surface area (Å²) in [6.45, 7) is 0.635. The van der Waals surface area contributed by atoms with Gasteiger partial charge in [0.2, 0.25) is 0 Å². The lowest BCUT2D eigenvalue weighted by molar-refractivity contribution is 0.0880. The lowest BCUT2D eigenvalue weighted by atomic mass is 9.87. The van der Waals surface area contributed by atoms with E-state index in [9.17, 15) is 9.90 Å². The van der Waals surface area contributed by atoms with Gasteiger partial charge in [-0.15, -0.1) is 0 Å².